The van der Waals surface area contributed by atoms with E-state index in [4.69, 9.17) is 32.7 Å². The van der Waals surface area contributed by atoms with Gasteiger partial charge in [0.05, 0.1) is 22.8 Å². The van der Waals surface area contributed by atoms with Crippen molar-refractivity contribution in [2.45, 2.75) is 6.61 Å². The summed E-state index contributed by atoms with van der Waals surface area (Å²) in [7, 11) is 1.47. The maximum absolute atomic E-state index is 14.0. The van der Waals surface area contributed by atoms with Crippen molar-refractivity contribution in [3.8, 4) is 11.5 Å². The van der Waals surface area contributed by atoms with E-state index in [9.17, 15) is 18.8 Å². The first-order chi connectivity index (χ1) is 16.8. The fourth-order valence-electron chi connectivity index (χ4n) is 3.33. The van der Waals surface area contributed by atoms with Crippen LogP contribution in [0.4, 0.5) is 14.9 Å². The predicted molar refractivity (Wildman–Crippen MR) is 129 cm³/mol. The molecule has 0 aliphatic carbocycles. The molecule has 0 aromatic heterocycles. The number of nitrogens with one attached hydrogen (secondary N) is 1. The Labute approximate surface area is 209 Å². The molecule has 3 aromatic rings. The van der Waals surface area contributed by atoms with Gasteiger partial charge in [0.1, 0.15) is 29.5 Å². The Morgan fingerprint density at radius 2 is 1.77 bits per heavy atom. The van der Waals surface area contributed by atoms with Crippen LogP contribution in [-0.2, 0) is 16.2 Å². The first-order valence-electron chi connectivity index (χ1n) is 10.2. The Kier molecular flexibility index (Phi) is 7.04. The van der Waals surface area contributed by atoms with Crippen LogP contribution in [0.1, 0.15) is 11.1 Å². The number of ether oxygens (including phenoxy) is 2. The summed E-state index contributed by atoms with van der Waals surface area (Å²) in [6.07, 6.45) is 1.28. The summed E-state index contributed by atoms with van der Waals surface area (Å²) >= 11 is 12.0. The van der Waals surface area contributed by atoms with Gasteiger partial charge in [-0.3, -0.25) is 14.9 Å². The smallest absolute Gasteiger partial charge is 0.335 e. The van der Waals surface area contributed by atoms with Crippen molar-refractivity contribution >= 4 is 52.8 Å². The Bertz CT molecular complexity index is 1380. The molecule has 0 radical (unpaired) electrons. The van der Waals surface area contributed by atoms with Crippen LogP contribution in [-0.4, -0.2) is 25.0 Å². The van der Waals surface area contributed by atoms with Gasteiger partial charge in [0, 0.05) is 17.2 Å². The van der Waals surface area contributed by atoms with Gasteiger partial charge in [0.25, 0.3) is 11.8 Å². The zero-order valence-corrected chi connectivity index (χ0v) is 19.7. The summed E-state index contributed by atoms with van der Waals surface area (Å²) in [4.78, 5) is 39.0. The Morgan fingerprint density at radius 3 is 2.49 bits per heavy atom. The molecule has 35 heavy (non-hydrogen) atoms. The maximum atomic E-state index is 14.0. The van der Waals surface area contributed by atoms with E-state index >= 15 is 0 Å². The molecule has 1 heterocycles. The van der Waals surface area contributed by atoms with Crippen LogP contribution in [0.25, 0.3) is 6.08 Å². The number of carbonyl (C=O) groups is 3. The highest BCUT2D eigenvalue weighted by Crippen LogP contribution is 2.31. The van der Waals surface area contributed by atoms with Gasteiger partial charge in [-0.2, -0.15) is 0 Å². The minimum atomic E-state index is -0.929. The topological polar surface area (TPSA) is 84.9 Å². The third-order valence-electron chi connectivity index (χ3n) is 5.12. The summed E-state index contributed by atoms with van der Waals surface area (Å²) < 4.78 is 25.1. The molecule has 1 fully saturated rings. The first kappa shape index (κ1) is 24.3. The number of nitrogens with zero attached hydrogens (tertiary/aromatic N) is 1. The standard InChI is InChI=1S/C25H17Cl2FN2O5/c1-34-17-8-6-14(22(12-17)35-13-15-4-2-3-5-21(15)28)10-18-23(31)29-25(33)30(24(18)32)16-7-9-19(26)20(27)11-16/h2-12H,13H2,1H3,(H,29,31,33)/b18-10+. The summed E-state index contributed by atoms with van der Waals surface area (Å²) in [5.74, 6) is -1.51. The van der Waals surface area contributed by atoms with E-state index in [0.29, 0.717) is 16.9 Å². The molecule has 7 nitrogen and oxygen atoms in total. The first-order valence-corrected chi connectivity index (χ1v) is 10.9. The lowest BCUT2D eigenvalue weighted by Gasteiger charge is -2.26. The molecule has 1 N–H and O–H groups in total. The fourth-order valence-corrected chi connectivity index (χ4v) is 3.62. The van der Waals surface area contributed by atoms with Crippen molar-refractivity contribution < 1.29 is 28.2 Å². The molecule has 0 bridgehead atoms. The van der Waals surface area contributed by atoms with Gasteiger partial charge in [-0.25, -0.2) is 14.1 Å². The number of hydrogen-bond acceptors (Lipinski definition) is 5. The van der Waals surface area contributed by atoms with Crippen LogP contribution in [0.15, 0.2) is 66.2 Å². The van der Waals surface area contributed by atoms with E-state index in [2.05, 4.69) is 5.32 Å². The van der Waals surface area contributed by atoms with Crippen LogP contribution < -0.4 is 19.7 Å². The molecule has 178 valence electrons. The average molecular weight is 515 g/mol. The minimum absolute atomic E-state index is 0.107. The highest BCUT2D eigenvalue weighted by molar-refractivity contribution is 6.43. The third kappa shape index (κ3) is 5.13. The molecule has 1 saturated heterocycles. The normalized spacial score (nSPS) is 14.8. The summed E-state index contributed by atoms with van der Waals surface area (Å²) in [5, 5.41) is 2.51. The highest BCUT2D eigenvalue weighted by Gasteiger charge is 2.37. The number of halogens is 3. The van der Waals surface area contributed by atoms with Gasteiger partial charge >= 0.3 is 6.03 Å². The van der Waals surface area contributed by atoms with Crippen molar-refractivity contribution in [2.24, 2.45) is 0 Å². The van der Waals surface area contributed by atoms with E-state index in [1.165, 1.54) is 37.5 Å². The highest BCUT2D eigenvalue weighted by atomic mass is 35.5. The van der Waals surface area contributed by atoms with Crippen LogP contribution in [0, 0.1) is 5.82 Å². The number of anilines is 1. The van der Waals surface area contributed by atoms with Gasteiger partial charge in [0.2, 0.25) is 0 Å². The quantitative estimate of drug-likeness (QED) is 0.352. The van der Waals surface area contributed by atoms with Crippen LogP contribution in [0.3, 0.4) is 0 Å². The van der Waals surface area contributed by atoms with Gasteiger partial charge in [-0.1, -0.05) is 41.4 Å². The van der Waals surface area contributed by atoms with Crippen LogP contribution in [0.5, 0.6) is 11.5 Å². The molecule has 10 heteroatoms. The molecule has 4 rings (SSSR count). The molecule has 0 spiro atoms. The number of carbonyl (C=O) groups excluding carboxylic acids is 3. The minimum Gasteiger partial charge on any atom is -0.497 e. The molecule has 4 amide bonds. The van der Waals surface area contributed by atoms with Gasteiger partial charge in [-0.15, -0.1) is 0 Å². The Morgan fingerprint density at radius 1 is 1.00 bits per heavy atom. The van der Waals surface area contributed by atoms with Crippen molar-refractivity contribution in [2.75, 3.05) is 12.0 Å². The number of imide groups is 2. The second kappa shape index (κ2) is 10.2. The fraction of sp³-hybridized carbons (Fsp3) is 0.0800. The molecule has 0 saturated carbocycles. The summed E-state index contributed by atoms with van der Waals surface area (Å²) in [5.41, 5.74) is 0.462. The maximum Gasteiger partial charge on any atom is 0.335 e. The van der Waals surface area contributed by atoms with Gasteiger partial charge in [-0.05, 0) is 42.5 Å². The monoisotopic (exact) mass is 514 g/mol. The third-order valence-corrected chi connectivity index (χ3v) is 5.86. The lowest BCUT2D eigenvalue weighted by molar-refractivity contribution is -0.122. The van der Waals surface area contributed by atoms with Crippen molar-refractivity contribution in [1.29, 1.82) is 0 Å². The second-order valence-electron chi connectivity index (χ2n) is 7.34. The van der Waals surface area contributed by atoms with E-state index in [1.54, 1.807) is 36.4 Å². The molecule has 1 aliphatic heterocycles. The van der Waals surface area contributed by atoms with Crippen molar-refractivity contribution in [3.05, 3.63) is 93.2 Å². The SMILES string of the molecule is COc1ccc(/C=C2\C(=O)NC(=O)N(c3ccc(Cl)c(Cl)c3)C2=O)c(OCc2ccccc2F)c1. The number of amides is 4. The number of barbiturate groups is 1. The van der Waals surface area contributed by atoms with E-state index in [-0.39, 0.29) is 33.7 Å². The van der Waals surface area contributed by atoms with Crippen molar-refractivity contribution in [1.82, 2.24) is 5.32 Å². The summed E-state index contributed by atoms with van der Waals surface area (Å²) in [6, 6.07) is 14.1. The molecule has 3 aromatic carbocycles. The zero-order chi connectivity index (χ0) is 25.1. The van der Waals surface area contributed by atoms with E-state index < -0.39 is 23.7 Å². The molecule has 0 atom stereocenters. The molecule has 0 unspecified atom stereocenters. The largest absolute Gasteiger partial charge is 0.497 e. The van der Waals surface area contributed by atoms with E-state index in [0.717, 1.165) is 4.90 Å². The number of hydrogen-bond donors (Lipinski definition) is 1. The van der Waals surface area contributed by atoms with Crippen LogP contribution in [0.2, 0.25) is 10.0 Å². The zero-order valence-electron chi connectivity index (χ0n) is 18.2. The van der Waals surface area contributed by atoms with Crippen LogP contribution >= 0.6 is 23.2 Å². The Balaban J connectivity index is 1.70. The molecular weight excluding hydrogens is 498 g/mol. The van der Waals surface area contributed by atoms with E-state index in [1.807, 2.05) is 0 Å². The number of methoxy groups -OCH3 is 1. The molecular formula is C25H17Cl2FN2O5. The average Bonchev–Trinajstić information content (AvgIpc) is 2.83. The lowest BCUT2D eigenvalue weighted by atomic mass is 10.1. The number of rotatable bonds is 6. The summed E-state index contributed by atoms with van der Waals surface area (Å²) in [6.45, 7) is -0.107. The second-order valence-corrected chi connectivity index (χ2v) is 8.15. The number of benzene rings is 3. The lowest BCUT2D eigenvalue weighted by Crippen LogP contribution is -2.54. The Hall–Kier alpha value is -3.88. The van der Waals surface area contributed by atoms with Gasteiger partial charge in [0.15, 0.2) is 0 Å². The van der Waals surface area contributed by atoms with Crippen molar-refractivity contribution in [3.63, 3.8) is 0 Å². The number of urea groups is 1. The van der Waals surface area contributed by atoms with Gasteiger partial charge < -0.3 is 9.47 Å². The predicted octanol–water partition coefficient (Wildman–Crippen LogP) is 5.39. The molecule has 1 aliphatic rings.